The molecule has 2 aromatic carbocycles. The monoisotopic (exact) mass is 506 g/mol. The first-order valence-electron chi connectivity index (χ1n) is 8.91. The van der Waals surface area contributed by atoms with Gasteiger partial charge in [0.25, 0.3) is 0 Å². The van der Waals surface area contributed by atoms with E-state index in [1.54, 1.807) is 56.8 Å². The zero-order chi connectivity index (χ0) is 21.1. The molecule has 0 fully saturated rings. The van der Waals surface area contributed by atoms with E-state index in [-0.39, 0.29) is 0 Å². The topological polar surface area (TPSA) is 46.1 Å². The second-order valence-electron chi connectivity index (χ2n) is 6.32. The summed E-state index contributed by atoms with van der Waals surface area (Å²) in [5.74, 6) is 0. The molecule has 30 heavy (non-hydrogen) atoms. The first-order valence-corrected chi connectivity index (χ1v) is 15.9. The number of thiophene rings is 2. The number of hydrogen-bond acceptors (Lipinski definition) is 6. The Morgan fingerprint density at radius 2 is 1.00 bits per heavy atom. The van der Waals surface area contributed by atoms with E-state index < -0.39 is 22.4 Å². The van der Waals surface area contributed by atoms with Crippen LogP contribution in [0.1, 0.15) is 0 Å². The second-order valence-corrected chi connectivity index (χ2v) is 12.9. The average Bonchev–Trinajstić information content (AvgIpc) is 3.38. The van der Waals surface area contributed by atoms with Crippen molar-refractivity contribution in [2.45, 2.75) is 19.6 Å². The van der Waals surface area contributed by atoms with Crippen LogP contribution in [0.5, 0.6) is 0 Å². The fraction of sp³-hybridized carbons (Fsp3) is 0.0909. The highest BCUT2D eigenvalue weighted by molar-refractivity contribution is 8.76. The average molecular weight is 507 g/mol. The van der Waals surface area contributed by atoms with Gasteiger partial charge in [-0.2, -0.15) is 0 Å². The highest BCUT2D eigenvalue weighted by atomic mass is 33.1. The summed E-state index contributed by atoms with van der Waals surface area (Å²) in [6, 6.07) is 20.4. The van der Waals surface area contributed by atoms with Crippen LogP contribution in [0.3, 0.4) is 0 Å². The van der Waals surface area contributed by atoms with Crippen LogP contribution in [0.15, 0.2) is 91.0 Å². The van der Waals surface area contributed by atoms with Crippen LogP contribution in [0.25, 0.3) is 20.9 Å². The third-order valence-corrected chi connectivity index (χ3v) is 11.6. The Morgan fingerprint density at radius 1 is 0.633 bits per heavy atom. The lowest BCUT2D eigenvalue weighted by atomic mass is 10.2. The maximum atomic E-state index is 12.4. The molecular formula is C22H18O2S6. The Balaban J connectivity index is 1.72. The van der Waals surface area contributed by atoms with Crippen LogP contribution in [-0.4, -0.2) is 21.6 Å². The minimum absolute atomic E-state index is 0.854. The largest absolute Gasteiger partial charge is 0.612 e. The molecule has 0 saturated carbocycles. The van der Waals surface area contributed by atoms with Gasteiger partial charge in [0.05, 0.1) is 19.5 Å². The number of hydrogen-bond donors (Lipinski definition) is 0. The molecule has 0 aliphatic heterocycles. The van der Waals surface area contributed by atoms with Gasteiger partial charge >= 0.3 is 0 Å². The number of benzene rings is 2. The van der Waals surface area contributed by atoms with Gasteiger partial charge in [0.15, 0.2) is 9.79 Å². The zero-order valence-corrected chi connectivity index (χ0v) is 21.1. The van der Waals surface area contributed by atoms with Crippen LogP contribution in [0.4, 0.5) is 0 Å². The molecule has 2 atom stereocenters. The van der Waals surface area contributed by atoms with Crippen molar-refractivity contribution in [2.24, 2.45) is 0 Å². The summed E-state index contributed by atoms with van der Waals surface area (Å²) >= 11 is 1.09. The number of rotatable bonds is 7. The molecule has 0 spiro atoms. The standard InChI is InChI=1S/C22H18O2S6/c1-29(23)17-13-25-19(15-9-5-3-6-10-15)21(17)27-28-22-18(30(2)24)14-26-20(22)16-11-7-4-8-12-16/h3-14H,1-2H3. The maximum Gasteiger partial charge on any atom is 0.178 e. The van der Waals surface area contributed by atoms with Crippen LogP contribution in [-0.2, 0) is 22.4 Å². The van der Waals surface area contributed by atoms with E-state index in [1.165, 1.54) is 0 Å². The summed E-state index contributed by atoms with van der Waals surface area (Å²) in [4.78, 5) is 5.99. The van der Waals surface area contributed by atoms with Crippen molar-refractivity contribution in [1.29, 1.82) is 0 Å². The molecule has 0 saturated heterocycles. The quantitative estimate of drug-likeness (QED) is 0.193. The van der Waals surface area contributed by atoms with Crippen LogP contribution >= 0.6 is 44.3 Å². The predicted octanol–water partition coefficient (Wildman–Crippen LogP) is 7.42. The van der Waals surface area contributed by atoms with Crippen molar-refractivity contribution < 1.29 is 9.11 Å². The highest BCUT2D eigenvalue weighted by Crippen LogP contribution is 2.52. The smallest absolute Gasteiger partial charge is 0.178 e. The Kier molecular flexibility index (Phi) is 7.59. The van der Waals surface area contributed by atoms with E-state index in [9.17, 15) is 9.11 Å². The van der Waals surface area contributed by atoms with Gasteiger partial charge < -0.3 is 9.11 Å². The molecule has 2 unspecified atom stereocenters. The maximum absolute atomic E-state index is 12.4. The van der Waals surface area contributed by atoms with Crippen LogP contribution in [0, 0.1) is 0 Å². The molecule has 2 heterocycles. The van der Waals surface area contributed by atoms with Crippen molar-refractivity contribution in [3.05, 3.63) is 71.4 Å². The summed E-state index contributed by atoms with van der Waals surface area (Å²) in [6.07, 6.45) is 3.44. The van der Waals surface area contributed by atoms with E-state index >= 15 is 0 Å². The highest BCUT2D eigenvalue weighted by Gasteiger charge is 2.25. The molecule has 0 amide bonds. The molecule has 8 heteroatoms. The molecule has 0 radical (unpaired) electrons. The van der Waals surface area contributed by atoms with Gasteiger partial charge in [0.2, 0.25) is 0 Å². The predicted molar refractivity (Wildman–Crippen MR) is 136 cm³/mol. The summed E-state index contributed by atoms with van der Waals surface area (Å²) < 4.78 is 24.8. The van der Waals surface area contributed by atoms with Gasteiger partial charge in [-0.25, -0.2) is 0 Å². The molecule has 4 rings (SSSR count). The summed E-state index contributed by atoms with van der Waals surface area (Å²) in [5, 5.41) is 3.98. The van der Waals surface area contributed by atoms with E-state index in [0.717, 1.165) is 40.5 Å². The second kappa shape index (κ2) is 10.2. The van der Waals surface area contributed by atoms with Gasteiger partial charge in [-0.05, 0) is 55.1 Å². The molecule has 0 aliphatic carbocycles. The third-order valence-electron chi connectivity index (χ3n) is 4.33. The molecule has 154 valence electrons. The van der Waals surface area contributed by atoms with Crippen LogP contribution < -0.4 is 0 Å². The lowest BCUT2D eigenvalue weighted by Crippen LogP contribution is -1.97. The Labute approximate surface area is 198 Å². The van der Waals surface area contributed by atoms with Gasteiger partial charge in [0.1, 0.15) is 12.5 Å². The van der Waals surface area contributed by atoms with E-state index in [1.807, 2.05) is 47.2 Å². The minimum Gasteiger partial charge on any atom is -0.612 e. The first-order chi connectivity index (χ1) is 14.6. The van der Waals surface area contributed by atoms with Gasteiger partial charge in [-0.3, -0.25) is 0 Å². The Morgan fingerprint density at radius 3 is 1.33 bits per heavy atom. The zero-order valence-electron chi connectivity index (χ0n) is 16.2. The van der Waals surface area contributed by atoms with Crippen molar-refractivity contribution in [1.82, 2.24) is 0 Å². The van der Waals surface area contributed by atoms with Gasteiger partial charge in [0, 0.05) is 10.8 Å². The van der Waals surface area contributed by atoms with Gasteiger partial charge in [-0.1, -0.05) is 60.7 Å². The molecule has 2 aromatic heterocycles. The summed E-state index contributed by atoms with van der Waals surface area (Å²) in [6.45, 7) is 0. The SMILES string of the molecule is C[S+]([O-])c1csc(-c2ccccc2)c1SSc1c([S+](C)[O-])csc1-c1ccccc1. The third kappa shape index (κ3) is 4.81. The molecular weight excluding hydrogens is 489 g/mol. The van der Waals surface area contributed by atoms with Crippen LogP contribution in [0.2, 0.25) is 0 Å². The van der Waals surface area contributed by atoms with Crippen molar-refractivity contribution in [3.63, 3.8) is 0 Å². The fourth-order valence-electron chi connectivity index (χ4n) is 2.88. The van der Waals surface area contributed by atoms with Crippen molar-refractivity contribution in [2.75, 3.05) is 12.5 Å². The van der Waals surface area contributed by atoms with E-state index in [0.29, 0.717) is 0 Å². The Hall–Kier alpha value is -0.840. The summed E-state index contributed by atoms with van der Waals surface area (Å²) in [5.41, 5.74) is 2.24. The normalized spacial score (nSPS) is 13.3. The Bertz CT molecular complexity index is 1010. The summed E-state index contributed by atoms with van der Waals surface area (Å²) in [7, 11) is 3.22. The minimum atomic E-state index is -1.08. The lowest BCUT2D eigenvalue weighted by molar-refractivity contribution is 0.598. The first kappa shape index (κ1) is 22.4. The van der Waals surface area contributed by atoms with Gasteiger partial charge in [-0.15, -0.1) is 22.7 Å². The molecule has 4 aromatic rings. The lowest BCUT2D eigenvalue weighted by Gasteiger charge is -2.10. The molecule has 2 nitrogen and oxygen atoms in total. The van der Waals surface area contributed by atoms with E-state index in [4.69, 9.17) is 0 Å². The molecule has 0 bridgehead atoms. The fourth-order valence-corrected chi connectivity index (χ4v) is 11.4. The van der Waals surface area contributed by atoms with Crippen molar-refractivity contribution >= 4 is 66.6 Å². The molecule has 0 N–H and O–H groups in total. The molecule has 0 aliphatic rings. The van der Waals surface area contributed by atoms with E-state index in [2.05, 4.69) is 24.3 Å². The van der Waals surface area contributed by atoms with Crippen molar-refractivity contribution in [3.8, 4) is 20.9 Å².